The largest absolute Gasteiger partial charge is 0.390 e. The minimum Gasteiger partial charge on any atom is -0.367 e. The summed E-state index contributed by atoms with van der Waals surface area (Å²) < 4.78 is 52.7. The number of carbonyl (C=O) groups excluding carboxylic acids is 2. The minimum atomic E-state index is -4.20. The molecule has 41 heavy (non-hydrogen) atoms. The molecule has 2 saturated heterocycles. The Kier molecular flexibility index (Phi) is 10.3. The number of likely N-dealkylation sites (N-methyl/N-ethyl adjacent to an activating group) is 1. The Labute approximate surface area is 242 Å². The maximum absolute atomic E-state index is 15.0. The maximum atomic E-state index is 15.0. The normalized spacial score (nSPS) is 17.0. The number of urea groups is 1. The number of carbonyl (C=O) groups is 2. The van der Waals surface area contributed by atoms with Crippen molar-refractivity contribution in [3.05, 3.63) is 58.4 Å². The summed E-state index contributed by atoms with van der Waals surface area (Å²) in [6.45, 7) is 7.74. The van der Waals surface area contributed by atoms with E-state index < -0.39 is 24.3 Å². The van der Waals surface area contributed by atoms with Gasteiger partial charge in [0.2, 0.25) is 0 Å². The molecular weight excluding hydrogens is 564 g/mol. The molecule has 3 amide bonds. The van der Waals surface area contributed by atoms with Crippen LogP contribution in [0.2, 0.25) is 5.02 Å². The highest BCUT2D eigenvalue weighted by atomic mass is 35.5. The summed E-state index contributed by atoms with van der Waals surface area (Å²) in [5.74, 6) is -1.38. The highest BCUT2D eigenvalue weighted by molar-refractivity contribution is 6.31. The molecule has 2 aromatic carbocycles. The van der Waals surface area contributed by atoms with E-state index in [1.165, 1.54) is 12.1 Å². The zero-order chi connectivity index (χ0) is 29.6. The van der Waals surface area contributed by atoms with Crippen LogP contribution in [0.3, 0.4) is 0 Å². The zero-order valence-electron chi connectivity index (χ0n) is 22.9. The van der Waals surface area contributed by atoms with Gasteiger partial charge in [-0.25, -0.2) is 9.18 Å². The first-order valence-corrected chi connectivity index (χ1v) is 14.1. The number of halogens is 5. The highest BCUT2D eigenvalue weighted by Gasteiger charge is 2.29. The second-order valence-electron chi connectivity index (χ2n) is 10.2. The fraction of sp³-hybridized carbons (Fsp3) is 0.500. The fourth-order valence-electron chi connectivity index (χ4n) is 4.97. The average Bonchev–Trinajstić information content (AvgIpc) is 2.95. The van der Waals surface area contributed by atoms with Gasteiger partial charge in [0.25, 0.3) is 5.91 Å². The van der Waals surface area contributed by atoms with Crippen molar-refractivity contribution in [1.29, 1.82) is 0 Å². The summed E-state index contributed by atoms with van der Waals surface area (Å²) in [7, 11) is 0. The highest BCUT2D eigenvalue weighted by Crippen LogP contribution is 2.31. The standard InChI is InChI=1S/C28H35ClF4N6O2/c1-2-36-9-15-39(16-10-36)27(41)34-19-20-3-5-22(23(30)17-20)26(40)35-24-6-4-21(29)18-25(24)38-13-11-37(12-14-38)8-7-28(31,32)33/h3-6,17-18H,2,7-16,19H2,1H3,(H,34,41)(H,35,40). The summed E-state index contributed by atoms with van der Waals surface area (Å²) in [4.78, 5) is 33.2. The summed E-state index contributed by atoms with van der Waals surface area (Å²) >= 11 is 6.21. The molecule has 8 nitrogen and oxygen atoms in total. The summed E-state index contributed by atoms with van der Waals surface area (Å²) in [5, 5.41) is 5.99. The molecule has 2 heterocycles. The third-order valence-corrected chi connectivity index (χ3v) is 7.70. The number of alkyl halides is 3. The molecule has 2 fully saturated rings. The number of piperazine rings is 2. The van der Waals surface area contributed by atoms with Gasteiger partial charge in [0, 0.05) is 70.5 Å². The Morgan fingerprint density at radius 1 is 0.927 bits per heavy atom. The molecule has 2 aromatic rings. The van der Waals surface area contributed by atoms with Crippen molar-refractivity contribution in [2.45, 2.75) is 26.1 Å². The van der Waals surface area contributed by atoms with Gasteiger partial charge in [0.15, 0.2) is 0 Å². The molecule has 0 aliphatic carbocycles. The minimum absolute atomic E-state index is 0.0641. The van der Waals surface area contributed by atoms with Gasteiger partial charge in [-0.15, -0.1) is 0 Å². The molecule has 0 bridgehead atoms. The molecule has 4 rings (SSSR count). The lowest BCUT2D eigenvalue weighted by molar-refractivity contribution is -0.138. The van der Waals surface area contributed by atoms with Gasteiger partial charge < -0.3 is 25.3 Å². The second kappa shape index (κ2) is 13.7. The lowest BCUT2D eigenvalue weighted by Crippen LogP contribution is -2.51. The molecule has 224 valence electrons. The smallest absolute Gasteiger partial charge is 0.367 e. The third kappa shape index (κ3) is 8.70. The Balaban J connectivity index is 1.34. The quantitative estimate of drug-likeness (QED) is 0.433. The Morgan fingerprint density at radius 2 is 1.61 bits per heavy atom. The number of hydrogen-bond donors (Lipinski definition) is 2. The van der Waals surface area contributed by atoms with E-state index >= 15 is 0 Å². The number of anilines is 2. The molecule has 2 N–H and O–H groups in total. The summed E-state index contributed by atoms with van der Waals surface area (Å²) in [6.07, 6.45) is -5.06. The van der Waals surface area contributed by atoms with Crippen molar-refractivity contribution in [3.8, 4) is 0 Å². The van der Waals surface area contributed by atoms with E-state index in [0.29, 0.717) is 61.2 Å². The number of nitrogens with zero attached hydrogens (tertiary/aromatic N) is 4. The van der Waals surface area contributed by atoms with Gasteiger partial charge >= 0.3 is 12.2 Å². The Bertz CT molecular complexity index is 1210. The van der Waals surface area contributed by atoms with Crippen LogP contribution in [-0.4, -0.2) is 98.3 Å². The average molecular weight is 599 g/mol. The topological polar surface area (TPSA) is 71.2 Å². The van der Waals surface area contributed by atoms with Crippen LogP contribution in [0.5, 0.6) is 0 Å². The molecule has 0 saturated carbocycles. The number of amides is 3. The van der Waals surface area contributed by atoms with Crippen molar-refractivity contribution in [2.75, 3.05) is 75.7 Å². The molecule has 13 heteroatoms. The van der Waals surface area contributed by atoms with E-state index in [9.17, 15) is 27.2 Å². The number of rotatable bonds is 8. The van der Waals surface area contributed by atoms with Crippen LogP contribution in [0, 0.1) is 5.82 Å². The fourth-order valence-corrected chi connectivity index (χ4v) is 5.13. The van der Waals surface area contributed by atoms with E-state index in [1.54, 1.807) is 34.1 Å². The first-order chi connectivity index (χ1) is 19.5. The van der Waals surface area contributed by atoms with Crippen LogP contribution in [0.25, 0.3) is 0 Å². The van der Waals surface area contributed by atoms with Gasteiger partial charge in [-0.2, -0.15) is 13.2 Å². The van der Waals surface area contributed by atoms with E-state index in [-0.39, 0.29) is 24.7 Å². The molecule has 2 aliphatic rings. The third-order valence-electron chi connectivity index (χ3n) is 7.46. The van der Waals surface area contributed by atoms with Crippen molar-refractivity contribution in [1.82, 2.24) is 20.0 Å². The van der Waals surface area contributed by atoms with Gasteiger partial charge in [-0.05, 0) is 42.4 Å². The Hall–Kier alpha value is -3.09. The van der Waals surface area contributed by atoms with E-state index in [2.05, 4.69) is 22.5 Å². The molecule has 0 atom stereocenters. The van der Waals surface area contributed by atoms with Gasteiger partial charge in [0.1, 0.15) is 5.82 Å². The van der Waals surface area contributed by atoms with Crippen LogP contribution in [0.1, 0.15) is 29.3 Å². The summed E-state index contributed by atoms with van der Waals surface area (Å²) in [6, 6.07) is 8.88. The first kappa shape index (κ1) is 30.9. The Morgan fingerprint density at radius 3 is 2.24 bits per heavy atom. The molecular formula is C28H35ClF4N6O2. The number of hydrogen-bond acceptors (Lipinski definition) is 5. The van der Waals surface area contributed by atoms with Crippen molar-refractivity contribution < 1.29 is 27.2 Å². The molecule has 0 spiro atoms. The van der Waals surface area contributed by atoms with Crippen molar-refractivity contribution in [2.24, 2.45) is 0 Å². The molecule has 0 aromatic heterocycles. The van der Waals surface area contributed by atoms with Crippen LogP contribution in [-0.2, 0) is 6.54 Å². The lowest BCUT2D eigenvalue weighted by Gasteiger charge is -2.37. The molecule has 2 aliphatic heterocycles. The van der Waals surface area contributed by atoms with Gasteiger partial charge in [-0.1, -0.05) is 24.6 Å². The SMILES string of the molecule is CCN1CCN(C(=O)NCc2ccc(C(=O)Nc3ccc(Cl)cc3N3CCN(CCC(F)(F)F)CC3)c(F)c2)CC1. The van der Waals surface area contributed by atoms with Crippen molar-refractivity contribution in [3.63, 3.8) is 0 Å². The van der Waals surface area contributed by atoms with Crippen molar-refractivity contribution >= 4 is 34.9 Å². The monoisotopic (exact) mass is 598 g/mol. The number of benzene rings is 2. The van der Waals surface area contributed by atoms with Crippen LogP contribution >= 0.6 is 11.6 Å². The van der Waals surface area contributed by atoms with Crippen LogP contribution < -0.4 is 15.5 Å². The lowest BCUT2D eigenvalue weighted by atomic mass is 10.1. The predicted octanol–water partition coefficient (Wildman–Crippen LogP) is 4.65. The van der Waals surface area contributed by atoms with Gasteiger partial charge in [-0.3, -0.25) is 9.69 Å². The molecule has 0 unspecified atom stereocenters. The van der Waals surface area contributed by atoms with E-state index in [4.69, 9.17) is 11.6 Å². The zero-order valence-corrected chi connectivity index (χ0v) is 23.7. The number of nitrogens with one attached hydrogen (secondary N) is 2. The van der Waals surface area contributed by atoms with E-state index in [0.717, 1.165) is 19.6 Å². The van der Waals surface area contributed by atoms with Crippen LogP contribution in [0.4, 0.5) is 33.7 Å². The van der Waals surface area contributed by atoms with Gasteiger partial charge in [0.05, 0.1) is 23.4 Å². The summed E-state index contributed by atoms with van der Waals surface area (Å²) in [5.41, 5.74) is 1.40. The second-order valence-corrected chi connectivity index (χ2v) is 10.6. The first-order valence-electron chi connectivity index (χ1n) is 13.7. The van der Waals surface area contributed by atoms with Crippen LogP contribution in [0.15, 0.2) is 36.4 Å². The predicted molar refractivity (Wildman–Crippen MR) is 151 cm³/mol. The maximum Gasteiger partial charge on any atom is 0.390 e. The van der Waals surface area contributed by atoms with E-state index in [1.807, 2.05) is 4.90 Å². The molecule has 0 radical (unpaired) electrons.